The predicted octanol–water partition coefficient (Wildman–Crippen LogP) is 2.89. The molecule has 0 spiro atoms. The van der Waals surface area contributed by atoms with Crippen molar-refractivity contribution in [3.8, 4) is 0 Å². The maximum Gasteiger partial charge on any atom is 0.310 e. The van der Waals surface area contributed by atoms with Crippen LogP contribution in [0, 0.1) is 11.7 Å². The van der Waals surface area contributed by atoms with Gasteiger partial charge >= 0.3 is 5.97 Å². The fourth-order valence-corrected chi connectivity index (χ4v) is 2.72. The van der Waals surface area contributed by atoms with Crippen molar-refractivity contribution in [2.45, 2.75) is 19.8 Å². The lowest BCUT2D eigenvalue weighted by Gasteiger charge is -2.31. The number of likely N-dealkylation sites (tertiary alicyclic amines) is 1. The summed E-state index contributed by atoms with van der Waals surface area (Å²) in [6.45, 7) is 2.77. The Labute approximate surface area is 127 Å². The lowest BCUT2D eigenvalue weighted by molar-refractivity contribution is -0.149. The van der Waals surface area contributed by atoms with E-state index in [1.54, 1.807) is 6.92 Å². The van der Waals surface area contributed by atoms with Crippen LogP contribution in [-0.2, 0) is 9.53 Å². The predicted molar refractivity (Wildman–Crippen MR) is 76.7 cm³/mol. The third-order valence-electron chi connectivity index (χ3n) is 3.51. The SMILES string of the molecule is CCOC(=O)[C@@H]1CCCN(C(=O)c2c(F)cccc2Cl)C1. The Hall–Kier alpha value is -1.62. The Morgan fingerprint density at radius 1 is 1.48 bits per heavy atom. The first kappa shape index (κ1) is 15.8. The van der Waals surface area contributed by atoms with Gasteiger partial charge in [-0.3, -0.25) is 9.59 Å². The number of benzene rings is 1. The van der Waals surface area contributed by atoms with E-state index in [2.05, 4.69) is 0 Å². The normalized spacial score (nSPS) is 18.4. The Morgan fingerprint density at radius 3 is 2.90 bits per heavy atom. The minimum atomic E-state index is -0.647. The van der Waals surface area contributed by atoms with Crippen molar-refractivity contribution in [1.82, 2.24) is 4.90 Å². The zero-order valence-electron chi connectivity index (χ0n) is 11.8. The summed E-state index contributed by atoms with van der Waals surface area (Å²) in [4.78, 5) is 25.7. The highest BCUT2D eigenvalue weighted by molar-refractivity contribution is 6.33. The highest BCUT2D eigenvalue weighted by Crippen LogP contribution is 2.24. The molecule has 21 heavy (non-hydrogen) atoms. The van der Waals surface area contributed by atoms with Gasteiger partial charge in [0.05, 0.1) is 23.1 Å². The molecule has 1 aromatic carbocycles. The minimum Gasteiger partial charge on any atom is -0.466 e. The number of carbonyl (C=O) groups excluding carboxylic acids is 2. The summed E-state index contributed by atoms with van der Waals surface area (Å²) in [5.41, 5.74) is -0.135. The van der Waals surface area contributed by atoms with E-state index in [0.717, 1.165) is 0 Å². The van der Waals surface area contributed by atoms with Gasteiger partial charge < -0.3 is 9.64 Å². The Kier molecular flexibility index (Phi) is 5.17. The fraction of sp³-hybridized carbons (Fsp3) is 0.467. The highest BCUT2D eigenvalue weighted by atomic mass is 35.5. The van der Waals surface area contributed by atoms with Crippen LogP contribution in [0.25, 0.3) is 0 Å². The molecular weight excluding hydrogens is 297 g/mol. The van der Waals surface area contributed by atoms with Gasteiger partial charge in [0.15, 0.2) is 0 Å². The van der Waals surface area contributed by atoms with E-state index in [1.807, 2.05) is 0 Å². The Bertz CT molecular complexity index is 529. The van der Waals surface area contributed by atoms with Crippen molar-refractivity contribution < 1.29 is 18.7 Å². The molecule has 0 bridgehead atoms. The number of esters is 1. The summed E-state index contributed by atoms with van der Waals surface area (Å²) in [5, 5.41) is 0.0817. The van der Waals surface area contributed by atoms with E-state index in [4.69, 9.17) is 16.3 Å². The van der Waals surface area contributed by atoms with Gasteiger partial charge in [0.25, 0.3) is 5.91 Å². The van der Waals surface area contributed by atoms with Gasteiger partial charge in [0, 0.05) is 13.1 Å². The largest absolute Gasteiger partial charge is 0.466 e. The molecule has 0 aromatic heterocycles. The van der Waals surface area contributed by atoms with Crippen LogP contribution in [0.1, 0.15) is 30.1 Å². The lowest BCUT2D eigenvalue weighted by Crippen LogP contribution is -2.43. The molecule has 6 heteroatoms. The lowest BCUT2D eigenvalue weighted by atomic mass is 9.97. The van der Waals surface area contributed by atoms with E-state index < -0.39 is 11.7 Å². The molecule has 1 atom stereocenters. The quantitative estimate of drug-likeness (QED) is 0.806. The first-order chi connectivity index (χ1) is 10.0. The number of amides is 1. The van der Waals surface area contributed by atoms with E-state index in [1.165, 1.54) is 23.1 Å². The molecule has 0 saturated carbocycles. The average Bonchev–Trinajstić information content (AvgIpc) is 2.47. The monoisotopic (exact) mass is 313 g/mol. The zero-order chi connectivity index (χ0) is 15.4. The van der Waals surface area contributed by atoms with Crippen LogP contribution in [0.15, 0.2) is 18.2 Å². The van der Waals surface area contributed by atoms with Crippen LogP contribution in [-0.4, -0.2) is 36.5 Å². The van der Waals surface area contributed by atoms with Crippen LogP contribution in [0.5, 0.6) is 0 Å². The first-order valence-corrected chi connectivity index (χ1v) is 7.32. The third-order valence-corrected chi connectivity index (χ3v) is 3.82. The van der Waals surface area contributed by atoms with Crippen molar-refractivity contribution in [1.29, 1.82) is 0 Å². The smallest absolute Gasteiger partial charge is 0.310 e. The van der Waals surface area contributed by atoms with Crippen LogP contribution < -0.4 is 0 Å². The number of hydrogen-bond acceptors (Lipinski definition) is 3. The standard InChI is InChI=1S/C15H17ClFNO3/c1-2-21-15(20)10-5-4-8-18(9-10)14(19)13-11(16)6-3-7-12(13)17/h3,6-7,10H,2,4-5,8-9H2,1H3/t10-/m1/s1. The number of halogens is 2. The van der Waals surface area contributed by atoms with Gasteiger partial charge in [-0.2, -0.15) is 0 Å². The number of rotatable bonds is 3. The summed E-state index contributed by atoms with van der Waals surface area (Å²) in [6.07, 6.45) is 1.36. The summed E-state index contributed by atoms with van der Waals surface area (Å²) in [6, 6.07) is 4.13. The Morgan fingerprint density at radius 2 is 2.24 bits per heavy atom. The van der Waals surface area contributed by atoms with Crippen molar-refractivity contribution in [3.05, 3.63) is 34.6 Å². The second-order valence-electron chi connectivity index (χ2n) is 4.94. The molecule has 0 radical (unpaired) electrons. The van der Waals surface area contributed by atoms with Gasteiger partial charge in [-0.15, -0.1) is 0 Å². The third kappa shape index (κ3) is 3.53. The van der Waals surface area contributed by atoms with Gasteiger partial charge in [-0.05, 0) is 31.9 Å². The summed E-state index contributed by atoms with van der Waals surface area (Å²) in [5.74, 6) is -1.79. The maximum absolute atomic E-state index is 13.8. The van der Waals surface area contributed by atoms with E-state index >= 15 is 0 Å². The van der Waals surface area contributed by atoms with Crippen LogP contribution in [0.3, 0.4) is 0 Å². The molecule has 4 nitrogen and oxygen atoms in total. The van der Waals surface area contributed by atoms with E-state index in [9.17, 15) is 14.0 Å². The second kappa shape index (κ2) is 6.89. The summed E-state index contributed by atoms with van der Waals surface area (Å²) >= 11 is 5.91. The van der Waals surface area contributed by atoms with Gasteiger partial charge in [0.1, 0.15) is 5.82 Å². The van der Waals surface area contributed by atoms with Crippen LogP contribution >= 0.6 is 11.6 Å². The molecule has 1 fully saturated rings. The topological polar surface area (TPSA) is 46.6 Å². The van der Waals surface area contributed by atoms with Gasteiger partial charge in [-0.25, -0.2) is 4.39 Å². The minimum absolute atomic E-state index is 0.0817. The molecule has 0 unspecified atom stereocenters. The fourth-order valence-electron chi connectivity index (χ4n) is 2.47. The molecule has 1 aliphatic heterocycles. The molecular formula is C15H17ClFNO3. The molecule has 1 saturated heterocycles. The van der Waals surface area contributed by atoms with E-state index in [-0.39, 0.29) is 29.0 Å². The molecule has 2 rings (SSSR count). The highest BCUT2D eigenvalue weighted by Gasteiger charge is 2.31. The molecule has 1 amide bonds. The zero-order valence-corrected chi connectivity index (χ0v) is 12.5. The van der Waals surface area contributed by atoms with Crippen LogP contribution in [0.2, 0.25) is 5.02 Å². The van der Waals surface area contributed by atoms with Crippen molar-refractivity contribution in [2.75, 3.05) is 19.7 Å². The number of nitrogens with zero attached hydrogens (tertiary/aromatic N) is 1. The molecule has 0 N–H and O–H groups in total. The molecule has 1 heterocycles. The Balaban J connectivity index is 2.14. The van der Waals surface area contributed by atoms with Crippen molar-refractivity contribution in [3.63, 3.8) is 0 Å². The van der Waals surface area contributed by atoms with Gasteiger partial charge in [0.2, 0.25) is 0 Å². The summed E-state index contributed by atoms with van der Waals surface area (Å²) < 4.78 is 18.8. The number of ether oxygens (including phenoxy) is 1. The van der Waals surface area contributed by atoms with Crippen molar-refractivity contribution in [2.24, 2.45) is 5.92 Å². The second-order valence-corrected chi connectivity index (χ2v) is 5.35. The van der Waals surface area contributed by atoms with E-state index in [0.29, 0.717) is 26.0 Å². The average molecular weight is 314 g/mol. The molecule has 114 valence electrons. The van der Waals surface area contributed by atoms with Gasteiger partial charge in [-0.1, -0.05) is 17.7 Å². The molecule has 0 aliphatic carbocycles. The molecule has 1 aliphatic rings. The number of piperidine rings is 1. The van der Waals surface area contributed by atoms with Crippen molar-refractivity contribution >= 4 is 23.5 Å². The first-order valence-electron chi connectivity index (χ1n) is 6.94. The molecule has 1 aromatic rings. The number of carbonyl (C=O) groups is 2. The van der Waals surface area contributed by atoms with Crippen LogP contribution in [0.4, 0.5) is 4.39 Å². The summed E-state index contributed by atoms with van der Waals surface area (Å²) in [7, 11) is 0. The number of hydrogen-bond donors (Lipinski definition) is 0. The maximum atomic E-state index is 13.8.